The molecule has 3 heterocycles. The van der Waals surface area contributed by atoms with E-state index in [1.54, 1.807) is 6.92 Å². The van der Waals surface area contributed by atoms with E-state index in [9.17, 15) is 18.0 Å². The number of anilines is 1. The van der Waals surface area contributed by atoms with Gasteiger partial charge in [-0.25, -0.2) is 13.2 Å². The zero-order chi connectivity index (χ0) is 26.7. The van der Waals surface area contributed by atoms with Crippen molar-refractivity contribution in [3.63, 3.8) is 0 Å². The maximum atomic E-state index is 13.1. The molecule has 1 N–H and O–H groups in total. The number of esters is 1. The van der Waals surface area contributed by atoms with E-state index < -0.39 is 21.9 Å². The lowest BCUT2D eigenvalue weighted by molar-refractivity contribution is 0.0526. The summed E-state index contributed by atoms with van der Waals surface area (Å²) >= 11 is 1.40. The second kappa shape index (κ2) is 11.6. The summed E-state index contributed by atoms with van der Waals surface area (Å²) < 4.78 is 38.1. The number of fused-ring (bicyclic) bond motifs is 1. The third-order valence-electron chi connectivity index (χ3n) is 6.83. The van der Waals surface area contributed by atoms with Crippen LogP contribution in [0.2, 0.25) is 0 Å². The Balaban J connectivity index is 1.52. The van der Waals surface area contributed by atoms with E-state index in [0.29, 0.717) is 48.3 Å². The van der Waals surface area contributed by atoms with E-state index in [-0.39, 0.29) is 17.6 Å². The minimum absolute atomic E-state index is 0.0948. The van der Waals surface area contributed by atoms with Crippen molar-refractivity contribution < 1.29 is 27.5 Å². The van der Waals surface area contributed by atoms with Gasteiger partial charge in [-0.05, 0) is 69.9 Å². The van der Waals surface area contributed by atoms with Crippen molar-refractivity contribution in [3.05, 3.63) is 45.8 Å². The monoisotopic (exact) mass is 549 g/mol. The topological polar surface area (TPSA) is 105 Å². The molecule has 1 aromatic heterocycles. The normalized spacial score (nSPS) is 18.3. The van der Waals surface area contributed by atoms with Gasteiger partial charge in [0.15, 0.2) is 0 Å². The van der Waals surface area contributed by atoms with Gasteiger partial charge in [-0.15, -0.1) is 11.3 Å². The Kier molecular flexibility index (Phi) is 8.70. The molecule has 4 rings (SSSR count). The Morgan fingerprint density at radius 1 is 1.27 bits per heavy atom. The van der Waals surface area contributed by atoms with Crippen molar-refractivity contribution in [1.29, 1.82) is 0 Å². The molecule has 1 saturated heterocycles. The third kappa shape index (κ3) is 6.06. The molecule has 0 saturated carbocycles. The van der Waals surface area contributed by atoms with E-state index >= 15 is 0 Å². The zero-order valence-electron chi connectivity index (χ0n) is 21.8. The molecule has 11 heteroatoms. The number of nitrogens with one attached hydrogen (secondary N) is 1. The molecule has 1 atom stereocenters. The number of hydrogen-bond donors (Lipinski definition) is 1. The first kappa shape index (κ1) is 27.7. The Morgan fingerprint density at radius 2 is 2.00 bits per heavy atom. The molecule has 0 aliphatic carbocycles. The molecule has 37 heavy (non-hydrogen) atoms. The van der Waals surface area contributed by atoms with Crippen LogP contribution in [0.4, 0.5) is 5.00 Å². The van der Waals surface area contributed by atoms with Crippen LogP contribution in [0.3, 0.4) is 0 Å². The van der Waals surface area contributed by atoms with Gasteiger partial charge in [0.2, 0.25) is 10.0 Å². The summed E-state index contributed by atoms with van der Waals surface area (Å²) in [5.41, 5.74) is 1.66. The summed E-state index contributed by atoms with van der Waals surface area (Å²) in [5.74, 6) is -0.856. The van der Waals surface area contributed by atoms with Gasteiger partial charge >= 0.3 is 5.97 Å². The van der Waals surface area contributed by atoms with Crippen molar-refractivity contribution in [2.45, 2.75) is 63.6 Å². The highest BCUT2D eigenvalue weighted by Crippen LogP contribution is 2.38. The molecule has 2 aliphatic rings. The standard InChI is InChI=1S/C26H35N3O6S2/c1-5-34-26(31)23-21-12-13-29(17(2)3)16-22(21)36-25(23)27-24(30)18-8-10-20(11-9-18)37(32,33)28(4)15-19-7-6-14-35-19/h8-11,17,19H,5-7,12-16H2,1-4H3,(H,27,30). The number of thiophene rings is 1. The van der Waals surface area contributed by atoms with Gasteiger partial charge in [-0.2, -0.15) is 4.31 Å². The van der Waals surface area contributed by atoms with Crippen molar-refractivity contribution in [3.8, 4) is 0 Å². The molecule has 1 aromatic carbocycles. The lowest BCUT2D eigenvalue weighted by atomic mass is 10.0. The minimum Gasteiger partial charge on any atom is -0.462 e. The highest BCUT2D eigenvalue weighted by atomic mass is 32.2. The lowest BCUT2D eigenvalue weighted by Gasteiger charge is -2.30. The Morgan fingerprint density at radius 3 is 2.62 bits per heavy atom. The van der Waals surface area contributed by atoms with Gasteiger partial charge < -0.3 is 14.8 Å². The summed E-state index contributed by atoms with van der Waals surface area (Å²) in [6.07, 6.45) is 2.39. The fourth-order valence-electron chi connectivity index (χ4n) is 4.68. The molecule has 0 spiro atoms. The predicted molar refractivity (Wildman–Crippen MR) is 143 cm³/mol. The Hall–Kier alpha value is -2.31. The second-order valence-electron chi connectivity index (χ2n) is 9.64. The number of rotatable bonds is 9. The van der Waals surface area contributed by atoms with Crippen LogP contribution in [0.25, 0.3) is 0 Å². The number of ether oxygens (including phenoxy) is 2. The molecule has 202 valence electrons. The molecule has 2 aliphatic heterocycles. The van der Waals surface area contributed by atoms with Gasteiger partial charge in [0.25, 0.3) is 5.91 Å². The van der Waals surface area contributed by atoms with E-state index in [2.05, 4.69) is 24.1 Å². The van der Waals surface area contributed by atoms with Crippen molar-refractivity contribution in [2.24, 2.45) is 0 Å². The van der Waals surface area contributed by atoms with Crippen LogP contribution in [-0.4, -0.2) is 75.0 Å². The average molecular weight is 550 g/mol. The van der Waals surface area contributed by atoms with Gasteiger partial charge in [-0.3, -0.25) is 9.69 Å². The summed E-state index contributed by atoms with van der Waals surface area (Å²) in [6, 6.07) is 6.21. The number of likely N-dealkylation sites (N-methyl/N-ethyl adjacent to an activating group) is 1. The van der Waals surface area contributed by atoms with Crippen molar-refractivity contribution in [2.75, 3.05) is 38.7 Å². The summed E-state index contributed by atoms with van der Waals surface area (Å²) in [4.78, 5) is 29.4. The summed E-state index contributed by atoms with van der Waals surface area (Å²) in [6.45, 7) is 8.76. The van der Waals surface area contributed by atoms with Crippen molar-refractivity contribution in [1.82, 2.24) is 9.21 Å². The molecular weight excluding hydrogens is 514 g/mol. The predicted octanol–water partition coefficient (Wildman–Crippen LogP) is 3.74. The fourth-order valence-corrected chi connectivity index (χ4v) is 7.14. The SMILES string of the molecule is CCOC(=O)c1c(NC(=O)c2ccc(S(=O)(=O)N(C)CC3CCCO3)cc2)sc2c1CCN(C(C)C)C2. The molecule has 2 aromatic rings. The highest BCUT2D eigenvalue weighted by molar-refractivity contribution is 7.89. The number of carbonyl (C=O) groups excluding carboxylic acids is 2. The minimum atomic E-state index is -3.71. The first-order chi connectivity index (χ1) is 17.6. The number of carbonyl (C=O) groups is 2. The first-order valence-electron chi connectivity index (χ1n) is 12.7. The van der Waals surface area contributed by atoms with Crippen LogP contribution in [-0.2, 0) is 32.5 Å². The molecule has 1 unspecified atom stereocenters. The average Bonchev–Trinajstić information content (AvgIpc) is 3.51. The van der Waals surface area contributed by atoms with Crippen LogP contribution in [0.1, 0.15) is 64.8 Å². The van der Waals surface area contributed by atoms with Gasteiger partial charge in [0.05, 0.1) is 23.2 Å². The summed E-state index contributed by atoms with van der Waals surface area (Å²) in [5, 5.41) is 3.35. The Labute approximate surface area is 222 Å². The number of sulfonamides is 1. The van der Waals surface area contributed by atoms with Crippen LogP contribution < -0.4 is 5.32 Å². The number of hydrogen-bond acceptors (Lipinski definition) is 8. The van der Waals surface area contributed by atoms with Crippen LogP contribution in [0, 0.1) is 0 Å². The Bertz CT molecular complexity index is 1230. The number of nitrogens with zero attached hydrogens (tertiary/aromatic N) is 2. The second-order valence-corrected chi connectivity index (χ2v) is 12.8. The highest BCUT2D eigenvalue weighted by Gasteiger charge is 2.31. The number of benzene rings is 1. The maximum Gasteiger partial charge on any atom is 0.341 e. The quantitative estimate of drug-likeness (QED) is 0.475. The lowest BCUT2D eigenvalue weighted by Crippen LogP contribution is -2.35. The van der Waals surface area contributed by atoms with E-state index in [4.69, 9.17) is 9.47 Å². The summed E-state index contributed by atoms with van der Waals surface area (Å²) in [7, 11) is -2.17. The number of amides is 1. The van der Waals surface area contributed by atoms with Gasteiger partial charge in [0, 0.05) is 49.8 Å². The molecule has 1 amide bonds. The molecule has 9 nitrogen and oxygen atoms in total. The van der Waals surface area contributed by atoms with Crippen LogP contribution in [0.15, 0.2) is 29.2 Å². The zero-order valence-corrected chi connectivity index (χ0v) is 23.4. The molecule has 1 fully saturated rings. The first-order valence-corrected chi connectivity index (χ1v) is 14.9. The van der Waals surface area contributed by atoms with E-state index in [1.165, 1.54) is 47.0 Å². The van der Waals surface area contributed by atoms with Gasteiger partial charge in [0.1, 0.15) is 5.00 Å². The van der Waals surface area contributed by atoms with Crippen LogP contribution in [0.5, 0.6) is 0 Å². The van der Waals surface area contributed by atoms with E-state index in [1.807, 2.05) is 0 Å². The van der Waals surface area contributed by atoms with Crippen molar-refractivity contribution >= 4 is 38.2 Å². The molecular formula is C26H35N3O6S2. The smallest absolute Gasteiger partial charge is 0.341 e. The molecule has 0 bridgehead atoms. The fraction of sp³-hybridized carbons (Fsp3) is 0.538. The maximum absolute atomic E-state index is 13.1. The van der Waals surface area contributed by atoms with Gasteiger partial charge in [-0.1, -0.05) is 0 Å². The van der Waals surface area contributed by atoms with Crippen LogP contribution >= 0.6 is 11.3 Å². The third-order valence-corrected chi connectivity index (χ3v) is 9.80. The largest absolute Gasteiger partial charge is 0.462 e. The van der Waals surface area contributed by atoms with E-state index in [0.717, 1.165) is 29.8 Å². The molecule has 0 radical (unpaired) electrons.